The minimum Gasteiger partial charge on any atom is -0.311 e. The fourth-order valence-electron chi connectivity index (χ4n) is 2.13. The summed E-state index contributed by atoms with van der Waals surface area (Å²) in [6.45, 7) is 1.58. The van der Waals surface area contributed by atoms with Gasteiger partial charge in [-0.15, -0.1) is 0 Å². The maximum atomic E-state index is 13.5. The van der Waals surface area contributed by atoms with E-state index in [-0.39, 0.29) is 5.82 Å². The van der Waals surface area contributed by atoms with E-state index < -0.39 is 0 Å². The van der Waals surface area contributed by atoms with Crippen molar-refractivity contribution in [3.8, 4) is 0 Å². The molecule has 0 amide bonds. The van der Waals surface area contributed by atoms with E-state index in [4.69, 9.17) is 0 Å². The van der Waals surface area contributed by atoms with Crippen molar-refractivity contribution in [1.82, 2.24) is 5.32 Å². The number of rotatable bonds is 5. The average Bonchev–Trinajstić information content (AvgIpc) is 2.27. The van der Waals surface area contributed by atoms with Crippen molar-refractivity contribution in [2.24, 2.45) is 0 Å². The standard InChI is InChI=1S/C13H17BrFNS/c1-17-13(5-2-6-13)9-16-8-10-7-11(14)3-4-12(10)15/h3-4,7,16H,2,5-6,8-9H2,1H3. The molecule has 1 aromatic carbocycles. The number of nitrogens with one attached hydrogen (secondary N) is 1. The van der Waals surface area contributed by atoms with Crippen LogP contribution in [0.2, 0.25) is 0 Å². The number of halogens is 2. The molecule has 0 aliphatic heterocycles. The summed E-state index contributed by atoms with van der Waals surface area (Å²) in [5, 5.41) is 3.38. The van der Waals surface area contributed by atoms with Crippen LogP contribution in [0.3, 0.4) is 0 Å². The first-order valence-electron chi connectivity index (χ1n) is 5.85. The second kappa shape index (κ2) is 5.72. The Labute approximate surface area is 115 Å². The maximum Gasteiger partial charge on any atom is 0.127 e. The fraction of sp³-hybridized carbons (Fsp3) is 0.538. The second-order valence-corrected chi connectivity index (χ2v) is 6.77. The third-order valence-corrected chi connectivity index (χ3v) is 5.38. The van der Waals surface area contributed by atoms with Crippen LogP contribution < -0.4 is 5.32 Å². The highest BCUT2D eigenvalue weighted by Crippen LogP contribution is 2.42. The molecule has 0 aromatic heterocycles. The minimum absolute atomic E-state index is 0.132. The van der Waals surface area contributed by atoms with Crippen molar-refractivity contribution in [3.05, 3.63) is 34.1 Å². The molecular weight excluding hydrogens is 301 g/mol. The normalized spacial score (nSPS) is 17.8. The van der Waals surface area contributed by atoms with Crippen LogP contribution in [0.15, 0.2) is 22.7 Å². The summed E-state index contributed by atoms with van der Waals surface area (Å²) in [6.07, 6.45) is 6.05. The Morgan fingerprint density at radius 3 is 2.82 bits per heavy atom. The van der Waals surface area contributed by atoms with Gasteiger partial charge in [-0.3, -0.25) is 0 Å². The Kier molecular flexibility index (Phi) is 4.50. The quantitative estimate of drug-likeness (QED) is 0.882. The Morgan fingerprint density at radius 1 is 1.47 bits per heavy atom. The molecule has 0 atom stereocenters. The molecule has 1 N–H and O–H groups in total. The first-order valence-corrected chi connectivity index (χ1v) is 7.87. The van der Waals surface area contributed by atoms with E-state index in [2.05, 4.69) is 27.5 Å². The fourth-order valence-corrected chi connectivity index (χ4v) is 3.48. The molecule has 0 saturated heterocycles. The molecule has 0 radical (unpaired) electrons. The Bertz CT molecular complexity index is 387. The Hall–Kier alpha value is -0.0600. The van der Waals surface area contributed by atoms with E-state index in [0.29, 0.717) is 11.3 Å². The van der Waals surface area contributed by atoms with Gasteiger partial charge in [-0.25, -0.2) is 4.39 Å². The summed E-state index contributed by atoms with van der Waals surface area (Å²) in [4.78, 5) is 0. The molecule has 1 aromatic rings. The van der Waals surface area contributed by atoms with Gasteiger partial charge in [0.25, 0.3) is 0 Å². The van der Waals surface area contributed by atoms with E-state index in [1.807, 2.05) is 17.8 Å². The van der Waals surface area contributed by atoms with Crippen LogP contribution in [0.25, 0.3) is 0 Å². The van der Waals surface area contributed by atoms with Crippen molar-refractivity contribution in [1.29, 1.82) is 0 Å². The number of benzene rings is 1. The lowest BCUT2D eigenvalue weighted by atomic mass is 9.84. The van der Waals surface area contributed by atoms with Crippen molar-refractivity contribution >= 4 is 27.7 Å². The van der Waals surface area contributed by atoms with Crippen molar-refractivity contribution in [3.63, 3.8) is 0 Å². The lowest BCUT2D eigenvalue weighted by Gasteiger charge is -2.40. The molecule has 0 spiro atoms. The van der Waals surface area contributed by atoms with Gasteiger partial charge in [0.15, 0.2) is 0 Å². The summed E-state index contributed by atoms with van der Waals surface area (Å²) in [5.41, 5.74) is 0.731. The number of thioether (sulfide) groups is 1. The molecule has 1 fully saturated rings. The zero-order chi connectivity index (χ0) is 12.3. The molecule has 17 heavy (non-hydrogen) atoms. The molecule has 1 aliphatic rings. The summed E-state index contributed by atoms with van der Waals surface area (Å²) in [5.74, 6) is -0.132. The van der Waals surface area contributed by atoms with Gasteiger partial charge in [0.2, 0.25) is 0 Å². The predicted molar refractivity (Wildman–Crippen MR) is 75.9 cm³/mol. The topological polar surface area (TPSA) is 12.0 Å². The molecule has 2 rings (SSSR count). The van der Waals surface area contributed by atoms with Crippen LogP contribution in [-0.4, -0.2) is 17.5 Å². The van der Waals surface area contributed by atoms with E-state index in [1.54, 1.807) is 6.07 Å². The number of hydrogen-bond donors (Lipinski definition) is 1. The average molecular weight is 318 g/mol. The van der Waals surface area contributed by atoms with Crippen molar-refractivity contribution in [2.75, 3.05) is 12.8 Å². The van der Waals surface area contributed by atoms with Crippen LogP contribution in [0, 0.1) is 5.82 Å². The third kappa shape index (κ3) is 3.24. The lowest BCUT2D eigenvalue weighted by Crippen LogP contribution is -2.43. The van der Waals surface area contributed by atoms with Crippen LogP contribution >= 0.6 is 27.7 Å². The van der Waals surface area contributed by atoms with Crippen LogP contribution in [0.1, 0.15) is 24.8 Å². The van der Waals surface area contributed by atoms with Gasteiger partial charge in [-0.2, -0.15) is 11.8 Å². The molecule has 94 valence electrons. The van der Waals surface area contributed by atoms with Crippen LogP contribution in [0.4, 0.5) is 4.39 Å². The molecular formula is C13H17BrFNS. The lowest BCUT2D eigenvalue weighted by molar-refractivity contribution is 0.344. The maximum absolute atomic E-state index is 13.5. The summed E-state index contributed by atoms with van der Waals surface area (Å²) in [6, 6.07) is 5.08. The molecule has 0 unspecified atom stereocenters. The minimum atomic E-state index is -0.132. The smallest absolute Gasteiger partial charge is 0.127 e. The van der Waals surface area contributed by atoms with Crippen LogP contribution in [-0.2, 0) is 6.54 Å². The van der Waals surface area contributed by atoms with Gasteiger partial charge >= 0.3 is 0 Å². The SMILES string of the molecule is CSC1(CNCc2cc(Br)ccc2F)CCC1. The first-order chi connectivity index (χ1) is 8.15. The molecule has 0 heterocycles. The highest BCUT2D eigenvalue weighted by atomic mass is 79.9. The number of hydrogen-bond acceptors (Lipinski definition) is 2. The Morgan fingerprint density at radius 2 is 2.24 bits per heavy atom. The zero-order valence-corrected chi connectivity index (χ0v) is 12.3. The molecule has 1 nitrogen and oxygen atoms in total. The summed E-state index contributed by atoms with van der Waals surface area (Å²) >= 11 is 5.30. The predicted octanol–water partition coefficient (Wildman–Crippen LogP) is 3.96. The largest absolute Gasteiger partial charge is 0.311 e. The van der Waals surface area contributed by atoms with E-state index in [9.17, 15) is 4.39 Å². The van der Waals surface area contributed by atoms with Gasteiger partial charge in [-0.1, -0.05) is 22.4 Å². The monoisotopic (exact) mass is 317 g/mol. The second-order valence-electron chi connectivity index (χ2n) is 4.58. The first kappa shape index (κ1) is 13.4. The highest BCUT2D eigenvalue weighted by Gasteiger charge is 2.35. The molecule has 4 heteroatoms. The van der Waals surface area contributed by atoms with Gasteiger partial charge in [0.1, 0.15) is 5.82 Å². The molecule has 0 bridgehead atoms. The van der Waals surface area contributed by atoms with Gasteiger partial charge < -0.3 is 5.32 Å². The van der Waals surface area contributed by atoms with E-state index >= 15 is 0 Å². The van der Waals surface area contributed by atoms with E-state index in [0.717, 1.165) is 16.6 Å². The van der Waals surface area contributed by atoms with Crippen molar-refractivity contribution < 1.29 is 4.39 Å². The summed E-state index contributed by atoms with van der Waals surface area (Å²) in [7, 11) is 0. The zero-order valence-electron chi connectivity index (χ0n) is 9.93. The summed E-state index contributed by atoms with van der Waals surface area (Å²) < 4.78 is 14.8. The molecule has 1 saturated carbocycles. The molecule has 1 aliphatic carbocycles. The van der Waals surface area contributed by atoms with Gasteiger partial charge in [-0.05, 0) is 37.3 Å². The van der Waals surface area contributed by atoms with E-state index in [1.165, 1.54) is 25.3 Å². The third-order valence-electron chi connectivity index (χ3n) is 3.47. The van der Waals surface area contributed by atoms with Crippen LogP contribution in [0.5, 0.6) is 0 Å². The Balaban J connectivity index is 1.87. The van der Waals surface area contributed by atoms with Gasteiger partial charge in [0, 0.05) is 27.9 Å². The highest BCUT2D eigenvalue weighted by molar-refractivity contribution is 9.10. The van der Waals surface area contributed by atoms with Gasteiger partial charge in [0.05, 0.1) is 0 Å². The van der Waals surface area contributed by atoms with Crippen molar-refractivity contribution in [2.45, 2.75) is 30.6 Å².